The van der Waals surface area contributed by atoms with Gasteiger partial charge in [-0.3, -0.25) is 4.79 Å². The summed E-state index contributed by atoms with van der Waals surface area (Å²) in [5.41, 5.74) is 3.54. The summed E-state index contributed by atoms with van der Waals surface area (Å²) in [4.78, 5) is 13.5. The van der Waals surface area contributed by atoms with Gasteiger partial charge in [-0.25, -0.2) is 0 Å². The summed E-state index contributed by atoms with van der Waals surface area (Å²) in [6, 6.07) is 6.84. The predicted molar refractivity (Wildman–Crippen MR) is 79.5 cm³/mol. The van der Waals surface area contributed by atoms with Crippen LogP contribution in [0.4, 0.5) is 5.69 Å². The van der Waals surface area contributed by atoms with Gasteiger partial charge in [0.25, 0.3) is 0 Å². The van der Waals surface area contributed by atoms with E-state index in [0.29, 0.717) is 12.5 Å². The summed E-state index contributed by atoms with van der Waals surface area (Å²) in [6.45, 7) is 2.23. The van der Waals surface area contributed by atoms with Gasteiger partial charge in [-0.1, -0.05) is 38.3 Å². The van der Waals surface area contributed by atoms with E-state index >= 15 is 0 Å². The number of amides is 1. The number of anilines is 1. The zero-order valence-electron chi connectivity index (χ0n) is 12.2. The second kappa shape index (κ2) is 6.20. The van der Waals surface area contributed by atoms with Gasteiger partial charge in [0.15, 0.2) is 0 Å². The third-order valence-electron chi connectivity index (χ3n) is 4.03. The van der Waals surface area contributed by atoms with Crippen LogP contribution in [0.3, 0.4) is 0 Å². The van der Waals surface area contributed by atoms with E-state index in [1.54, 1.807) is 4.90 Å². The lowest BCUT2D eigenvalue weighted by Crippen LogP contribution is -2.20. The van der Waals surface area contributed by atoms with Crippen LogP contribution < -0.4 is 10.2 Å². The molecule has 1 heterocycles. The van der Waals surface area contributed by atoms with E-state index in [-0.39, 0.29) is 5.91 Å². The fourth-order valence-electron chi connectivity index (χ4n) is 2.78. The van der Waals surface area contributed by atoms with Crippen LogP contribution in [0.1, 0.15) is 49.8 Å². The lowest BCUT2D eigenvalue weighted by atomic mass is 9.98. The van der Waals surface area contributed by atoms with Gasteiger partial charge < -0.3 is 10.2 Å². The maximum atomic E-state index is 11.7. The van der Waals surface area contributed by atoms with Gasteiger partial charge >= 0.3 is 0 Å². The second-order valence-corrected chi connectivity index (χ2v) is 5.35. The van der Waals surface area contributed by atoms with Gasteiger partial charge in [-0.05, 0) is 30.7 Å². The quantitative estimate of drug-likeness (QED) is 0.797. The van der Waals surface area contributed by atoms with Gasteiger partial charge in [0, 0.05) is 18.8 Å². The van der Waals surface area contributed by atoms with Gasteiger partial charge in [-0.15, -0.1) is 0 Å². The SMILES string of the molecule is CCCCCC(NC)c1ccc2c(c1)CC(=O)N2C. The molecule has 3 heteroatoms. The minimum Gasteiger partial charge on any atom is -0.315 e. The number of rotatable bonds is 6. The lowest BCUT2D eigenvalue weighted by Gasteiger charge is -2.18. The molecule has 1 N–H and O–H groups in total. The van der Waals surface area contributed by atoms with Crippen molar-refractivity contribution in [3.8, 4) is 0 Å². The number of carbonyl (C=O) groups excluding carboxylic acids is 1. The lowest BCUT2D eigenvalue weighted by molar-refractivity contribution is -0.117. The highest BCUT2D eigenvalue weighted by Gasteiger charge is 2.24. The summed E-state index contributed by atoms with van der Waals surface area (Å²) in [7, 11) is 3.87. The van der Waals surface area contributed by atoms with E-state index in [1.807, 2.05) is 14.1 Å². The summed E-state index contributed by atoms with van der Waals surface area (Å²) in [6.07, 6.45) is 5.49. The number of hydrogen-bond donors (Lipinski definition) is 1. The Bertz CT molecular complexity index is 456. The molecule has 0 saturated heterocycles. The van der Waals surface area contributed by atoms with Gasteiger partial charge in [0.05, 0.1) is 6.42 Å². The Morgan fingerprint density at radius 2 is 2.16 bits per heavy atom. The molecule has 0 radical (unpaired) electrons. The highest BCUT2D eigenvalue weighted by Crippen LogP contribution is 2.31. The van der Waals surface area contributed by atoms with Crippen LogP contribution in [0.2, 0.25) is 0 Å². The first-order valence-corrected chi connectivity index (χ1v) is 7.24. The first-order chi connectivity index (χ1) is 9.17. The van der Waals surface area contributed by atoms with Crippen LogP contribution in [0.25, 0.3) is 0 Å². The Labute approximate surface area is 116 Å². The maximum Gasteiger partial charge on any atom is 0.231 e. The third kappa shape index (κ3) is 2.98. The van der Waals surface area contributed by atoms with Crippen molar-refractivity contribution in [1.82, 2.24) is 5.32 Å². The molecule has 0 spiro atoms. The highest BCUT2D eigenvalue weighted by molar-refractivity contribution is 6.00. The zero-order valence-corrected chi connectivity index (χ0v) is 12.2. The van der Waals surface area contributed by atoms with Crippen molar-refractivity contribution >= 4 is 11.6 Å². The van der Waals surface area contributed by atoms with E-state index in [9.17, 15) is 4.79 Å². The first-order valence-electron chi connectivity index (χ1n) is 7.24. The summed E-state index contributed by atoms with van der Waals surface area (Å²) in [5, 5.41) is 3.39. The largest absolute Gasteiger partial charge is 0.315 e. The molecule has 1 aliphatic heterocycles. The number of carbonyl (C=O) groups is 1. The molecule has 1 atom stereocenters. The van der Waals surface area contributed by atoms with Gasteiger partial charge in [0.1, 0.15) is 0 Å². The molecule has 0 aliphatic carbocycles. The Morgan fingerprint density at radius 1 is 1.37 bits per heavy atom. The standard InChI is InChI=1S/C16H24N2O/c1-4-5-6-7-14(17-2)12-8-9-15-13(10-12)11-16(19)18(15)3/h8-10,14,17H,4-7,11H2,1-3H3. The molecule has 1 unspecified atom stereocenters. The van der Waals surface area contributed by atoms with Crippen LogP contribution in [0, 0.1) is 0 Å². The van der Waals surface area contributed by atoms with Crippen LogP contribution in [-0.4, -0.2) is 20.0 Å². The Balaban J connectivity index is 2.13. The number of unbranched alkanes of at least 4 members (excludes halogenated alkanes) is 2. The molecule has 3 nitrogen and oxygen atoms in total. The van der Waals surface area contributed by atoms with Crippen LogP contribution >= 0.6 is 0 Å². The monoisotopic (exact) mass is 260 g/mol. The molecule has 1 aromatic carbocycles. The van der Waals surface area contributed by atoms with Crippen molar-refractivity contribution in [1.29, 1.82) is 0 Å². The van der Waals surface area contributed by atoms with Crippen molar-refractivity contribution < 1.29 is 4.79 Å². The van der Waals surface area contributed by atoms with Crippen molar-refractivity contribution in [3.05, 3.63) is 29.3 Å². The van der Waals surface area contributed by atoms with Crippen LogP contribution in [0.15, 0.2) is 18.2 Å². The number of benzene rings is 1. The zero-order chi connectivity index (χ0) is 13.8. The van der Waals surface area contributed by atoms with E-state index in [4.69, 9.17) is 0 Å². The fourth-order valence-corrected chi connectivity index (χ4v) is 2.78. The molecule has 0 bridgehead atoms. The van der Waals surface area contributed by atoms with E-state index in [0.717, 1.165) is 12.1 Å². The molecule has 19 heavy (non-hydrogen) atoms. The average Bonchev–Trinajstić information content (AvgIpc) is 2.70. The number of nitrogens with zero attached hydrogens (tertiary/aromatic N) is 1. The molecular formula is C16H24N2O. The minimum atomic E-state index is 0.194. The number of nitrogens with one attached hydrogen (secondary N) is 1. The number of fused-ring (bicyclic) bond motifs is 1. The molecule has 0 aromatic heterocycles. The molecule has 2 rings (SSSR count). The molecule has 1 aromatic rings. The van der Waals surface area contributed by atoms with Crippen molar-refractivity contribution in [2.75, 3.05) is 19.0 Å². The average molecular weight is 260 g/mol. The third-order valence-corrected chi connectivity index (χ3v) is 4.03. The predicted octanol–water partition coefficient (Wildman–Crippen LogP) is 3.05. The number of hydrogen-bond acceptors (Lipinski definition) is 2. The maximum absolute atomic E-state index is 11.7. The van der Waals surface area contributed by atoms with E-state index < -0.39 is 0 Å². The van der Waals surface area contributed by atoms with E-state index in [1.165, 1.54) is 30.4 Å². The van der Waals surface area contributed by atoms with E-state index in [2.05, 4.69) is 30.4 Å². The second-order valence-electron chi connectivity index (χ2n) is 5.35. The van der Waals surface area contributed by atoms with Gasteiger partial charge in [0.2, 0.25) is 5.91 Å². The van der Waals surface area contributed by atoms with Crippen LogP contribution in [0.5, 0.6) is 0 Å². The first kappa shape index (κ1) is 14.1. The molecule has 1 aliphatic rings. The molecular weight excluding hydrogens is 236 g/mol. The summed E-state index contributed by atoms with van der Waals surface area (Å²) in [5.74, 6) is 0.194. The Hall–Kier alpha value is -1.35. The highest BCUT2D eigenvalue weighted by atomic mass is 16.2. The molecule has 104 valence electrons. The summed E-state index contributed by atoms with van der Waals surface area (Å²) < 4.78 is 0. The fraction of sp³-hybridized carbons (Fsp3) is 0.562. The smallest absolute Gasteiger partial charge is 0.231 e. The minimum absolute atomic E-state index is 0.194. The molecule has 0 fully saturated rings. The van der Waals surface area contributed by atoms with Crippen molar-refractivity contribution in [2.45, 2.75) is 45.1 Å². The Morgan fingerprint density at radius 3 is 2.84 bits per heavy atom. The van der Waals surface area contributed by atoms with Crippen LogP contribution in [-0.2, 0) is 11.2 Å². The topological polar surface area (TPSA) is 32.3 Å². The molecule has 1 amide bonds. The molecule has 0 saturated carbocycles. The van der Waals surface area contributed by atoms with Crippen molar-refractivity contribution in [2.24, 2.45) is 0 Å². The normalized spacial score (nSPS) is 15.7. The van der Waals surface area contributed by atoms with Gasteiger partial charge in [-0.2, -0.15) is 0 Å². The number of likely N-dealkylation sites (N-methyl/N-ethyl adjacent to an activating group) is 1. The Kier molecular flexibility index (Phi) is 4.59. The van der Waals surface area contributed by atoms with Crippen molar-refractivity contribution in [3.63, 3.8) is 0 Å². The summed E-state index contributed by atoms with van der Waals surface area (Å²) >= 11 is 0.